The fourth-order valence-electron chi connectivity index (χ4n) is 2.94. The first-order chi connectivity index (χ1) is 17.9. The molecule has 39 heavy (non-hydrogen) atoms. The molecule has 0 saturated heterocycles. The number of carboxylic acid groups (broad SMARTS) is 1. The Balaban J connectivity index is 0.000000371. The zero-order chi connectivity index (χ0) is 26.6. The normalized spacial score (nSPS) is 9.51. The van der Waals surface area contributed by atoms with Crippen LogP contribution in [0.25, 0.3) is 0 Å². The SMILES string of the molecule is COC(=O)c1nc(Br)ccc1OCc1ccccc1.O=C(O)c1nc(Br)ccc1OCc1ccccc1.[Li+].[OH-]. The van der Waals surface area contributed by atoms with Gasteiger partial charge >= 0.3 is 30.8 Å². The van der Waals surface area contributed by atoms with E-state index in [-0.39, 0.29) is 41.5 Å². The van der Waals surface area contributed by atoms with Crippen molar-refractivity contribution in [1.29, 1.82) is 0 Å². The largest absolute Gasteiger partial charge is 1.00 e. The summed E-state index contributed by atoms with van der Waals surface area (Å²) in [5.74, 6) is -0.975. The van der Waals surface area contributed by atoms with E-state index in [0.717, 1.165) is 11.1 Å². The van der Waals surface area contributed by atoms with Crippen LogP contribution in [0.2, 0.25) is 0 Å². The van der Waals surface area contributed by atoms with Gasteiger partial charge in [-0.2, -0.15) is 0 Å². The van der Waals surface area contributed by atoms with Gasteiger partial charge in [0.1, 0.15) is 22.4 Å². The number of benzene rings is 2. The average molecular weight is 654 g/mol. The van der Waals surface area contributed by atoms with Crippen LogP contribution < -0.4 is 28.3 Å². The Hall–Kier alpha value is -3.20. The van der Waals surface area contributed by atoms with Gasteiger partial charge in [-0.25, -0.2) is 19.6 Å². The number of hydrogen-bond donors (Lipinski definition) is 1. The molecule has 0 atom stereocenters. The third kappa shape index (κ3) is 10.8. The quantitative estimate of drug-likeness (QED) is 0.173. The van der Waals surface area contributed by atoms with Crippen LogP contribution in [-0.2, 0) is 18.0 Å². The average Bonchev–Trinajstić information content (AvgIpc) is 2.92. The number of carboxylic acids is 1. The third-order valence-electron chi connectivity index (χ3n) is 4.70. The smallest absolute Gasteiger partial charge is 0.870 e. The number of rotatable bonds is 8. The molecule has 4 aromatic rings. The molecule has 2 N–H and O–H groups in total. The molecule has 198 valence electrons. The van der Waals surface area contributed by atoms with Gasteiger partial charge in [0.15, 0.2) is 22.9 Å². The topological polar surface area (TPSA) is 138 Å². The summed E-state index contributed by atoms with van der Waals surface area (Å²) in [6, 6.07) is 25.9. The van der Waals surface area contributed by atoms with Crippen molar-refractivity contribution in [3.05, 3.63) is 117 Å². The van der Waals surface area contributed by atoms with Crippen LogP contribution in [0.5, 0.6) is 11.5 Å². The minimum atomic E-state index is -1.11. The molecule has 0 amide bonds. The van der Waals surface area contributed by atoms with E-state index in [1.807, 2.05) is 60.7 Å². The third-order valence-corrected chi connectivity index (χ3v) is 5.59. The molecule has 9 nitrogen and oxygen atoms in total. The second-order valence-electron chi connectivity index (χ2n) is 7.31. The molecule has 4 rings (SSSR count). The first-order valence-electron chi connectivity index (χ1n) is 10.9. The van der Waals surface area contributed by atoms with Crippen molar-refractivity contribution in [2.75, 3.05) is 7.11 Å². The Bertz CT molecular complexity index is 1350. The molecular weight excluding hydrogens is 631 g/mol. The summed E-state index contributed by atoms with van der Waals surface area (Å²) in [6.45, 7) is 0.679. The zero-order valence-corrected chi connectivity index (χ0v) is 24.3. The van der Waals surface area contributed by atoms with Crippen molar-refractivity contribution >= 4 is 43.8 Å². The van der Waals surface area contributed by atoms with Crippen LogP contribution in [-0.4, -0.2) is 39.6 Å². The predicted molar refractivity (Wildman–Crippen MR) is 146 cm³/mol. The molecule has 2 aromatic heterocycles. The van der Waals surface area contributed by atoms with E-state index in [0.29, 0.717) is 28.2 Å². The Morgan fingerprint density at radius 3 is 1.54 bits per heavy atom. The van der Waals surface area contributed by atoms with Gasteiger partial charge < -0.3 is 24.8 Å². The second kappa shape index (κ2) is 17.4. The molecule has 2 heterocycles. The summed E-state index contributed by atoms with van der Waals surface area (Å²) in [5, 5.41) is 9.02. The molecule has 0 aliphatic heterocycles. The van der Waals surface area contributed by atoms with Crippen molar-refractivity contribution in [1.82, 2.24) is 9.97 Å². The summed E-state index contributed by atoms with van der Waals surface area (Å²) in [5.41, 5.74) is 2.05. The van der Waals surface area contributed by atoms with Crippen LogP contribution >= 0.6 is 31.9 Å². The maximum atomic E-state index is 11.6. The number of carbonyl (C=O) groups is 2. The van der Waals surface area contributed by atoms with Crippen molar-refractivity contribution in [2.24, 2.45) is 0 Å². The fraction of sp³-hybridized carbons (Fsp3) is 0.111. The van der Waals surface area contributed by atoms with Gasteiger partial charge in [0.2, 0.25) is 0 Å². The van der Waals surface area contributed by atoms with E-state index in [1.54, 1.807) is 24.3 Å². The first-order valence-corrected chi connectivity index (χ1v) is 12.4. The van der Waals surface area contributed by atoms with Gasteiger partial charge in [-0.15, -0.1) is 0 Å². The molecule has 12 heteroatoms. The first kappa shape index (κ1) is 33.8. The minimum absolute atomic E-state index is 0. The van der Waals surface area contributed by atoms with E-state index in [1.165, 1.54) is 7.11 Å². The van der Waals surface area contributed by atoms with Crippen molar-refractivity contribution in [3.8, 4) is 11.5 Å². The number of methoxy groups -OCH3 is 1. The van der Waals surface area contributed by atoms with Crippen LogP contribution in [0.3, 0.4) is 0 Å². The standard InChI is InChI=1S/C14H12BrNO3.C13H10BrNO3.Li.H2O/c1-18-14(17)13-11(7-8-12(15)16-13)19-9-10-5-3-2-4-6-10;14-11-7-6-10(12(15-11)13(16)17)18-8-9-4-2-1-3-5-9;;/h2-8H,9H2,1H3;1-7H,8H2,(H,16,17);;1H2/q;;+1;/p-1. The zero-order valence-electron chi connectivity index (χ0n) is 21.1. The van der Waals surface area contributed by atoms with Crippen molar-refractivity contribution < 1.29 is 53.2 Å². The molecule has 2 aromatic carbocycles. The minimum Gasteiger partial charge on any atom is -0.870 e. The number of aromatic nitrogens is 2. The summed E-state index contributed by atoms with van der Waals surface area (Å²) in [7, 11) is 1.31. The second-order valence-corrected chi connectivity index (χ2v) is 8.93. The molecule has 0 radical (unpaired) electrons. The number of halogens is 2. The molecular formula is C27H23Br2LiN2O7. The summed E-state index contributed by atoms with van der Waals surface area (Å²) >= 11 is 6.35. The monoisotopic (exact) mass is 652 g/mol. The molecule has 0 spiro atoms. The fourth-order valence-corrected chi connectivity index (χ4v) is 3.56. The number of nitrogens with zero attached hydrogens (tertiary/aromatic N) is 2. The maximum absolute atomic E-state index is 11.6. The van der Waals surface area contributed by atoms with Gasteiger partial charge in [-0.1, -0.05) is 60.7 Å². The predicted octanol–water partition coefficient (Wildman–Crippen LogP) is 3.16. The van der Waals surface area contributed by atoms with Gasteiger partial charge in [0.25, 0.3) is 0 Å². The summed E-state index contributed by atoms with van der Waals surface area (Å²) < 4.78 is 16.8. The van der Waals surface area contributed by atoms with Gasteiger partial charge in [-0.3, -0.25) is 0 Å². The van der Waals surface area contributed by atoms with Crippen LogP contribution in [0.15, 0.2) is 94.1 Å². The van der Waals surface area contributed by atoms with Crippen LogP contribution in [0.4, 0.5) is 0 Å². The maximum Gasteiger partial charge on any atom is 1.00 e. The molecule has 0 fully saturated rings. The number of hydrogen-bond acceptors (Lipinski definition) is 8. The van der Waals surface area contributed by atoms with Crippen molar-refractivity contribution in [2.45, 2.75) is 13.2 Å². The Labute approximate surface area is 254 Å². The van der Waals surface area contributed by atoms with Gasteiger partial charge in [-0.05, 0) is 67.3 Å². The van der Waals surface area contributed by atoms with E-state index in [2.05, 4.69) is 46.6 Å². The molecule has 0 aliphatic rings. The van der Waals surface area contributed by atoms with Gasteiger partial charge in [0, 0.05) is 0 Å². The van der Waals surface area contributed by atoms with Crippen LogP contribution in [0, 0.1) is 0 Å². The van der Waals surface area contributed by atoms with E-state index < -0.39 is 11.9 Å². The van der Waals surface area contributed by atoms with E-state index in [4.69, 9.17) is 14.6 Å². The number of pyridine rings is 2. The Kier molecular flexibility index (Phi) is 15.1. The number of ether oxygens (including phenoxy) is 3. The van der Waals surface area contributed by atoms with Crippen LogP contribution in [0.1, 0.15) is 32.1 Å². The summed E-state index contributed by atoms with van der Waals surface area (Å²) in [4.78, 5) is 30.6. The molecule has 0 aliphatic carbocycles. The number of esters is 1. The molecule has 0 bridgehead atoms. The van der Waals surface area contributed by atoms with Crippen molar-refractivity contribution in [3.63, 3.8) is 0 Å². The molecule has 0 saturated carbocycles. The van der Waals surface area contributed by atoms with E-state index >= 15 is 0 Å². The van der Waals surface area contributed by atoms with Gasteiger partial charge in [0.05, 0.1) is 7.11 Å². The van der Waals surface area contributed by atoms with E-state index in [9.17, 15) is 9.59 Å². The number of aromatic carboxylic acids is 1. The Morgan fingerprint density at radius 2 is 1.13 bits per heavy atom. The summed E-state index contributed by atoms with van der Waals surface area (Å²) in [6.07, 6.45) is 0. The molecule has 0 unspecified atom stereocenters. The Morgan fingerprint density at radius 1 is 0.718 bits per heavy atom. The number of carbonyl (C=O) groups excluding carboxylic acids is 1.